The highest BCUT2D eigenvalue weighted by molar-refractivity contribution is 6.00. The lowest BCUT2D eigenvalue weighted by atomic mass is 9.87. The van der Waals surface area contributed by atoms with Gasteiger partial charge in [-0.25, -0.2) is 0 Å². The summed E-state index contributed by atoms with van der Waals surface area (Å²) in [5, 5.41) is 3.04. The number of methoxy groups -OCH3 is 1. The fourth-order valence-electron chi connectivity index (χ4n) is 3.73. The smallest absolute Gasteiger partial charge is 0.249 e. The second-order valence-corrected chi connectivity index (χ2v) is 6.68. The quantitative estimate of drug-likeness (QED) is 0.840. The molecule has 1 aliphatic heterocycles. The Morgan fingerprint density at radius 2 is 1.95 bits per heavy atom. The van der Waals surface area contributed by atoms with Gasteiger partial charge in [0.2, 0.25) is 11.8 Å². The molecule has 0 aromatic carbocycles. The number of carbonyl (C=O) groups excluding carboxylic acids is 2. The lowest BCUT2D eigenvalue weighted by Crippen LogP contribution is -2.72. The van der Waals surface area contributed by atoms with E-state index >= 15 is 0 Å². The van der Waals surface area contributed by atoms with Crippen LogP contribution < -0.4 is 5.32 Å². The minimum absolute atomic E-state index is 0.000697. The van der Waals surface area contributed by atoms with Crippen LogP contribution in [0.1, 0.15) is 52.9 Å². The first-order valence-corrected chi connectivity index (χ1v) is 8.10. The van der Waals surface area contributed by atoms with Crippen molar-refractivity contribution in [3.8, 4) is 0 Å². The summed E-state index contributed by atoms with van der Waals surface area (Å²) in [6.07, 6.45) is 4.19. The van der Waals surface area contributed by atoms with Crippen LogP contribution in [0.15, 0.2) is 0 Å². The molecule has 1 saturated heterocycles. The summed E-state index contributed by atoms with van der Waals surface area (Å²) in [6.45, 7) is 6.60. The molecular weight excluding hydrogens is 268 g/mol. The van der Waals surface area contributed by atoms with Crippen molar-refractivity contribution in [3.05, 3.63) is 0 Å². The van der Waals surface area contributed by atoms with Crippen LogP contribution in [0.2, 0.25) is 0 Å². The molecule has 21 heavy (non-hydrogen) atoms. The van der Waals surface area contributed by atoms with Gasteiger partial charge in [-0.05, 0) is 25.2 Å². The van der Waals surface area contributed by atoms with Crippen molar-refractivity contribution in [2.24, 2.45) is 5.92 Å². The Balaban J connectivity index is 2.36. The molecule has 2 unspecified atom stereocenters. The lowest BCUT2D eigenvalue weighted by Gasteiger charge is -2.48. The van der Waals surface area contributed by atoms with E-state index in [0.717, 1.165) is 25.7 Å². The molecule has 1 N–H and O–H groups in total. The second kappa shape index (κ2) is 6.34. The van der Waals surface area contributed by atoms with E-state index in [4.69, 9.17) is 4.74 Å². The molecule has 1 spiro atoms. The first kappa shape index (κ1) is 16.3. The zero-order valence-electron chi connectivity index (χ0n) is 13.6. The van der Waals surface area contributed by atoms with Crippen molar-refractivity contribution in [2.75, 3.05) is 13.7 Å². The molecular formula is C16H28N2O3. The van der Waals surface area contributed by atoms with Crippen LogP contribution >= 0.6 is 0 Å². The number of rotatable bonds is 5. The molecule has 5 nitrogen and oxygen atoms in total. The zero-order chi connectivity index (χ0) is 15.6. The average molecular weight is 296 g/mol. The van der Waals surface area contributed by atoms with Crippen LogP contribution in [-0.2, 0) is 14.3 Å². The molecule has 5 heteroatoms. The summed E-state index contributed by atoms with van der Waals surface area (Å²) in [4.78, 5) is 27.5. The van der Waals surface area contributed by atoms with Crippen LogP contribution in [-0.4, -0.2) is 48.1 Å². The minimum Gasteiger partial charge on any atom is -0.383 e. The first-order valence-electron chi connectivity index (χ1n) is 8.10. The van der Waals surface area contributed by atoms with E-state index in [0.29, 0.717) is 13.0 Å². The van der Waals surface area contributed by atoms with Crippen molar-refractivity contribution < 1.29 is 14.3 Å². The molecule has 0 bridgehead atoms. The van der Waals surface area contributed by atoms with E-state index < -0.39 is 5.54 Å². The summed E-state index contributed by atoms with van der Waals surface area (Å²) in [7, 11) is 1.65. The van der Waals surface area contributed by atoms with Crippen LogP contribution in [0.3, 0.4) is 0 Å². The number of hydrogen-bond acceptors (Lipinski definition) is 3. The predicted octanol–water partition coefficient (Wildman–Crippen LogP) is 1.71. The Morgan fingerprint density at radius 1 is 1.33 bits per heavy atom. The molecule has 2 atom stereocenters. The molecule has 1 heterocycles. The highest BCUT2D eigenvalue weighted by Crippen LogP contribution is 2.36. The maximum Gasteiger partial charge on any atom is 0.249 e. The van der Waals surface area contributed by atoms with Gasteiger partial charge < -0.3 is 15.0 Å². The normalized spacial score (nSPS) is 26.5. The summed E-state index contributed by atoms with van der Waals surface area (Å²) in [5.41, 5.74) is -0.649. The summed E-state index contributed by atoms with van der Waals surface area (Å²) in [6, 6.07) is -0.415. The number of nitrogens with one attached hydrogen (secondary N) is 1. The summed E-state index contributed by atoms with van der Waals surface area (Å²) < 4.78 is 5.32. The Morgan fingerprint density at radius 3 is 2.43 bits per heavy atom. The third-order valence-corrected chi connectivity index (χ3v) is 4.95. The lowest BCUT2D eigenvalue weighted by molar-refractivity contribution is -0.160. The van der Waals surface area contributed by atoms with E-state index in [9.17, 15) is 9.59 Å². The molecule has 0 aromatic rings. The molecule has 120 valence electrons. The Kier molecular flexibility index (Phi) is 4.91. The van der Waals surface area contributed by atoms with Crippen molar-refractivity contribution in [3.63, 3.8) is 0 Å². The summed E-state index contributed by atoms with van der Waals surface area (Å²) in [5.74, 6) is 0.357. The second-order valence-electron chi connectivity index (χ2n) is 6.68. The monoisotopic (exact) mass is 296 g/mol. The fourth-order valence-corrected chi connectivity index (χ4v) is 3.73. The zero-order valence-corrected chi connectivity index (χ0v) is 13.6. The van der Waals surface area contributed by atoms with Gasteiger partial charge in [-0.3, -0.25) is 9.59 Å². The Labute approximate surface area is 127 Å². The van der Waals surface area contributed by atoms with Crippen molar-refractivity contribution in [1.29, 1.82) is 0 Å². The van der Waals surface area contributed by atoms with Gasteiger partial charge in [0.05, 0.1) is 12.6 Å². The Bertz CT molecular complexity index is 402. The number of carbonyl (C=O) groups is 2. The largest absolute Gasteiger partial charge is 0.383 e. The highest BCUT2D eigenvalue weighted by atomic mass is 16.5. The van der Waals surface area contributed by atoms with E-state index in [-0.39, 0.29) is 29.8 Å². The first-order chi connectivity index (χ1) is 9.96. The number of nitrogens with zero attached hydrogens (tertiary/aromatic N) is 1. The van der Waals surface area contributed by atoms with E-state index in [1.807, 2.05) is 11.8 Å². The van der Waals surface area contributed by atoms with Gasteiger partial charge in [0.15, 0.2) is 0 Å². The topological polar surface area (TPSA) is 58.6 Å². The maximum absolute atomic E-state index is 13.1. The van der Waals surface area contributed by atoms with Crippen LogP contribution in [0.5, 0.6) is 0 Å². The molecule has 1 saturated carbocycles. The van der Waals surface area contributed by atoms with Crippen molar-refractivity contribution in [1.82, 2.24) is 10.2 Å². The van der Waals surface area contributed by atoms with Gasteiger partial charge in [-0.1, -0.05) is 33.6 Å². The number of amides is 2. The SMILES string of the molecule is CCC1C(=O)NC2(CCCC2)C(=O)N1C(COC)C(C)C. The third kappa shape index (κ3) is 2.80. The van der Waals surface area contributed by atoms with Crippen LogP contribution in [0.4, 0.5) is 0 Å². The maximum atomic E-state index is 13.1. The van der Waals surface area contributed by atoms with Gasteiger partial charge in [-0.2, -0.15) is 0 Å². The fraction of sp³-hybridized carbons (Fsp3) is 0.875. The van der Waals surface area contributed by atoms with Gasteiger partial charge in [0, 0.05) is 7.11 Å². The van der Waals surface area contributed by atoms with E-state index in [2.05, 4.69) is 19.2 Å². The highest BCUT2D eigenvalue weighted by Gasteiger charge is 2.53. The van der Waals surface area contributed by atoms with Crippen LogP contribution in [0.25, 0.3) is 0 Å². The van der Waals surface area contributed by atoms with Crippen molar-refractivity contribution >= 4 is 11.8 Å². The van der Waals surface area contributed by atoms with E-state index in [1.165, 1.54) is 0 Å². The third-order valence-electron chi connectivity index (χ3n) is 4.95. The predicted molar refractivity (Wildman–Crippen MR) is 80.8 cm³/mol. The summed E-state index contributed by atoms with van der Waals surface area (Å²) >= 11 is 0. The van der Waals surface area contributed by atoms with Crippen LogP contribution in [0, 0.1) is 5.92 Å². The molecule has 2 aliphatic rings. The molecule has 0 aromatic heterocycles. The molecule has 2 fully saturated rings. The molecule has 1 aliphatic carbocycles. The van der Waals surface area contributed by atoms with Gasteiger partial charge in [0.1, 0.15) is 11.6 Å². The van der Waals surface area contributed by atoms with E-state index in [1.54, 1.807) is 7.11 Å². The molecule has 0 radical (unpaired) electrons. The molecule has 2 amide bonds. The van der Waals surface area contributed by atoms with Gasteiger partial charge in [0.25, 0.3) is 0 Å². The Hall–Kier alpha value is -1.10. The van der Waals surface area contributed by atoms with Gasteiger partial charge in [-0.15, -0.1) is 0 Å². The average Bonchev–Trinajstić information content (AvgIpc) is 2.89. The standard InChI is InChI=1S/C16H28N2O3/c1-5-12-14(19)17-16(8-6-7-9-16)15(20)18(12)13(10-21-4)11(2)3/h11-13H,5-10H2,1-4H3,(H,17,19). The van der Waals surface area contributed by atoms with Crippen molar-refractivity contribution in [2.45, 2.75) is 70.5 Å². The molecule has 2 rings (SSSR count). The van der Waals surface area contributed by atoms with Gasteiger partial charge >= 0.3 is 0 Å². The minimum atomic E-state index is -0.649. The number of hydrogen-bond donors (Lipinski definition) is 1. The number of ether oxygens (including phenoxy) is 1. The number of piperazine rings is 1.